The van der Waals surface area contributed by atoms with Gasteiger partial charge in [0.15, 0.2) is 5.13 Å². The summed E-state index contributed by atoms with van der Waals surface area (Å²) in [5.41, 5.74) is 2.67. The van der Waals surface area contributed by atoms with Crippen molar-refractivity contribution in [2.75, 3.05) is 4.90 Å². The SMILES string of the molecule is O=C(c1cnc2ccccc2n1)N(Cc1ccccn1)c1nc2ccc([N+](=O)[O-])cc2s1. The van der Waals surface area contributed by atoms with Crippen molar-refractivity contribution >= 4 is 49.3 Å². The summed E-state index contributed by atoms with van der Waals surface area (Å²) < 4.78 is 0.609. The molecule has 3 heterocycles. The largest absolute Gasteiger partial charge is 0.280 e. The molecule has 0 aliphatic heterocycles. The zero-order valence-electron chi connectivity index (χ0n) is 16.5. The third-order valence-corrected chi connectivity index (χ3v) is 5.80. The van der Waals surface area contributed by atoms with Crippen LogP contribution < -0.4 is 4.90 Å². The maximum atomic E-state index is 13.5. The topological polar surface area (TPSA) is 115 Å². The van der Waals surface area contributed by atoms with Gasteiger partial charge in [-0.25, -0.2) is 9.97 Å². The first-order valence-electron chi connectivity index (χ1n) is 9.57. The van der Waals surface area contributed by atoms with Gasteiger partial charge < -0.3 is 0 Å². The second kappa shape index (κ2) is 8.08. The Labute approximate surface area is 185 Å². The number of para-hydroxylation sites is 2. The smallest absolute Gasteiger partial charge is 0.276 e. The molecule has 0 unspecified atom stereocenters. The van der Waals surface area contributed by atoms with Crippen LogP contribution in [0.15, 0.2) is 73.1 Å². The Kier molecular flexibility index (Phi) is 4.96. The molecule has 0 atom stereocenters. The number of benzene rings is 2. The molecular formula is C22H14N6O3S. The first-order valence-corrected chi connectivity index (χ1v) is 10.4. The Morgan fingerprint density at radius 2 is 1.78 bits per heavy atom. The van der Waals surface area contributed by atoms with Crippen LogP contribution in [0.25, 0.3) is 21.3 Å². The zero-order chi connectivity index (χ0) is 22.1. The Morgan fingerprint density at radius 3 is 2.56 bits per heavy atom. The second-order valence-electron chi connectivity index (χ2n) is 6.86. The van der Waals surface area contributed by atoms with E-state index in [2.05, 4.69) is 19.9 Å². The van der Waals surface area contributed by atoms with Crippen molar-refractivity contribution in [1.82, 2.24) is 19.9 Å². The van der Waals surface area contributed by atoms with Crippen LogP contribution in [0.4, 0.5) is 10.8 Å². The Bertz CT molecular complexity index is 1470. The number of anilines is 1. The lowest BCUT2D eigenvalue weighted by Crippen LogP contribution is -2.31. The number of nitro benzene ring substituents is 1. The third kappa shape index (κ3) is 3.74. The molecule has 32 heavy (non-hydrogen) atoms. The molecule has 0 saturated carbocycles. The van der Waals surface area contributed by atoms with Crippen molar-refractivity contribution in [2.45, 2.75) is 6.54 Å². The molecule has 3 aromatic heterocycles. The third-order valence-electron chi connectivity index (χ3n) is 4.76. The van der Waals surface area contributed by atoms with Crippen LogP contribution in [-0.2, 0) is 6.54 Å². The van der Waals surface area contributed by atoms with Gasteiger partial charge in [0.25, 0.3) is 11.6 Å². The predicted octanol–water partition coefficient (Wildman–Crippen LogP) is 4.39. The highest BCUT2D eigenvalue weighted by Crippen LogP contribution is 2.32. The molecule has 10 heteroatoms. The molecule has 0 saturated heterocycles. The average Bonchev–Trinajstić information content (AvgIpc) is 3.25. The number of thiazole rings is 1. The normalized spacial score (nSPS) is 11.0. The number of hydrogen-bond donors (Lipinski definition) is 0. The molecule has 0 fully saturated rings. The van der Waals surface area contributed by atoms with Gasteiger partial charge in [-0.1, -0.05) is 29.5 Å². The van der Waals surface area contributed by atoms with Crippen molar-refractivity contribution in [3.8, 4) is 0 Å². The van der Waals surface area contributed by atoms with Gasteiger partial charge in [-0.05, 0) is 30.3 Å². The van der Waals surface area contributed by atoms with E-state index in [9.17, 15) is 14.9 Å². The summed E-state index contributed by atoms with van der Waals surface area (Å²) in [6.07, 6.45) is 3.09. The van der Waals surface area contributed by atoms with Gasteiger partial charge in [0, 0.05) is 18.3 Å². The van der Waals surface area contributed by atoms with Crippen molar-refractivity contribution in [1.29, 1.82) is 0 Å². The number of hydrogen-bond acceptors (Lipinski definition) is 8. The summed E-state index contributed by atoms with van der Waals surface area (Å²) >= 11 is 1.20. The lowest BCUT2D eigenvalue weighted by molar-refractivity contribution is -0.384. The highest BCUT2D eigenvalue weighted by atomic mass is 32.1. The predicted molar refractivity (Wildman–Crippen MR) is 121 cm³/mol. The van der Waals surface area contributed by atoms with E-state index in [1.165, 1.54) is 34.6 Å². The molecule has 2 aromatic carbocycles. The quantitative estimate of drug-likeness (QED) is 0.293. The number of nitro groups is 1. The van der Waals surface area contributed by atoms with Crippen LogP contribution in [0, 0.1) is 10.1 Å². The number of rotatable bonds is 5. The summed E-state index contributed by atoms with van der Waals surface area (Å²) in [7, 11) is 0. The molecule has 156 valence electrons. The summed E-state index contributed by atoms with van der Waals surface area (Å²) in [5, 5.41) is 11.5. The van der Waals surface area contributed by atoms with Gasteiger partial charge in [-0.2, -0.15) is 0 Å². The van der Waals surface area contributed by atoms with E-state index >= 15 is 0 Å². The second-order valence-corrected chi connectivity index (χ2v) is 7.87. The molecule has 0 bridgehead atoms. The molecule has 0 aliphatic carbocycles. The van der Waals surface area contributed by atoms with E-state index in [1.54, 1.807) is 24.4 Å². The van der Waals surface area contributed by atoms with Crippen molar-refractivity contribution in [3.63, 3.8) is 0 Å². The Balaban J connectivity index is 1.59. The first kappa shape index (κ1) is 19.6. The highest BCUT2D eigenvalue weighted by molar-refractivity contribution is 7.22. The molecule has 0 aliphatic rings. The summed E-state index contributed by atoms with van der Waals surface area (Å²) in [5.74, 6) is -0.387. The van der Waals surface area contributed by atoms with E-state index in [0.29, 0.717) is 32.1 Å². The molecular weight excluding hydrogens is 428 g/mol. The van der Waals surface area contributed by atoms with Crippen LogP contribution in [0.1, 0.15) is 16.2 Å². The number of pyridine rings is 1. The van der Waals surface area contributed by atoms with Gasteiger partial charge in [0.2, 0.25) is 0 Å². The fraction of sp³-hybridized carbons (Fsp3) is 0.0455. The number of carbonyl (C=O) groups is 1. The summed E-state index contributed by atoms with van der Waals surface area (Å²) in [6.45, 7) is 0.163. The minimum Gasteiger partial charge on any atom is -0.276 e. The van der Waals surface area contributed by atoms with Crippen molar-refractivity contribution in [3.05, 3.63) is 94.6 Å². The first-order chi connectivity index (χ1) is 15.6. The van der Waals surface area contributed by atoms with E-state index in [1.807, 2.05) is 30.3 Å². The van der Waals surface area contributed by atoms with Gasteiger partial charge >= 0.3 is 0 Å². The van der Waals surface area contributed by atoms with Gasteiger partial charge in [0.1, 0.15) is 5.69 Å². The Morgan fingerprint density at radius 1 is 0.969 bits per heavy atom. The minimum atomic E-state index is -0.458. The fourth-order valence-electron chi connectivity index (χ4n) is 3.21. The molecule has 0 spiro atoms. The van der Waals surface area contributed by atoms with Crippen LogP contribution in [-0.4, -0.2) is 30.8 Å². The summed E-state index contributed by atoms with van der Waals surface area (Å²) in [4.78, 5) is 43.3. The number of aromatic nitrogens is 4. The number of nitrogens with zero attached hydrogens (tertiary/aromatic N) is 6. The number of amides is 1. The lowest BCUT2D eigenvalue weighted by atomic mass is 10.2. The number of carbonyl (C=O) groups excluding carboxylic acids is 1. The maximum absolute atomic E-state index is 13.5. The zero-order valence-corrected chi connectivity index (χ0v) is 17.3. The van der Waals surface area contributed by atoms with Gasteiger partial charge in [-0.15, -0.1) is 0 Å². The fourth-order valence-corrected chi connectivity index (χ4v) is 4.20. The van der Waals surface area contributed by atoms with E-state index in [0.717, 1.165) is 0 Å². The maximum Gasteiger partial charge on any atom is 0.280 e. The average molecular weight is 442 g/mol. The number of fused-ring (bicyclic) bond motifs is 2. The van der Waals surface area contributed by atoms with E-state index < -0.39 is 4.92 Å². The van der Waals surface area contributed by atoms with E-state index in [-0.39, 0.29) is 23.8 Å². The highest BCUT2D eigenvalue weighted by Gasteiger charge is 2.24. The molecule has 0 radical (unpaired) electrons. The van der Waals surface area contributed by atoms with Crippen LogP contribution in [0.2, 0.25) is 0 Å². The molecule has 5 rings (SSSR count). The van der Waals surface area contributed by atoms with Crippen molar-refractivity contribution in [2.24, 2.45) is 0 Å². The standard InChI is InChI=1S/C22H14N6O3S/c29-21(19-12-24-16-6-1-2-7-17(16)25-19)27(13-14-5-3-4-10-23-14)22-26-18-9-8-15(28(30)31)11-20(18)32-22/h1-12H,13H2. The minimum absolute atomic E-state index is 0.0318. The molecule has 9 nitrogen and oxygen atoms in total. The van der Waals surface area contributed by atoms with Crippen LogP contribution >= 0.6 is 11.3 Å². The lowest BCUT2D eigenvalue weighted by Gasteiger charge is -2.19. The van der Waals surface area contributed by atoms with Gasteiger partial charge in [-0.3, -0.25) is 29.8 Å². The summed E-state index contributed by atoms with van der Waals surface area (Å²) in [6, 6.07) is 17.2. The Hall–Kier alpha value is -4.31. The van der Waals surface area contributed by atoms with Gasteiger partial charge in [0.05, 0.1) is 44.6 Å². The molecule has 1 amide bonds. The molecule has 5 aromatic rings. The van der Waals surface area contributed by atoms with Crippen LogP contribution in [0.5, 0.6) is 0 Å². The van der Waals surface area contributed by atoms with E-state index in [4.69, 9.17) is 0 Å². The number of non-ortho nitro benzene ring substituents is 1. The van der Waals surface area contributed by atoms with Crippen LogP contribution in [0.3, 0.4) is 0 Å². The van der Waals surface area contributed by atoms with Crippen molar-refractivity contribution < 1.29 is 9.72 Å². The monoisotopic (exact) mass is 442 g/mol. The molecule has 0 N–H and O–H groups in total.